The molecule has 0 amide bonds. The second kappa shape index (κ2) is 8.60. The van der Waals surface area contributed by atoms with Gasteiger partial charge in [0.05, 0.1) is 11.9 Å². The zero-order chi connectivity index (χ0) is 19.5. The van der Waals surface area contributed by atoms with Gasteiger partial charge in [-0.15, -0.1) is 10.2 Å². The fraction of sp³-hybridized carbons (Fsp3) is 0.500. The van der Waals surface area contributed by atoms with Gasteiger partial charge in [-0.3, -0.25) is 0 Å². The van der Waals surface area contributed by atoms with Crippen LogP contribution in [0, 0.1) is 5.92 Å². The molecule has 1 aromatic heterocycles. The van der Waals surface area contributed by atoms with Crippen molar-refractivity contribution in [1.29, 1.82) is 0 Å². The largest absolute Gasteiger partial charge is 0.495 e. The summed E-state index contributed by atoms with van der Waals surface area (Å²) < 4.78 is 6.09. The average molecular weight is 395 g/mol. The van der Waals surface area contributed by atoms with Crippen molar-refractivity contribution in [2.24, 2.45) is 5.92 Å². The van der Waals surface area contributed by atoms with Gasteiger partial charge < -0.3 is 4.74 Å². The summed E-state index contributed by atoms with van der Waals surface area (Å²) in [5, 5.41) is 11.3. The van der Waals surface area contributed by atoms with Crippen LogP contribution < -0.4 is 0 Å². The van der Waals surface area contributed by atoms with Gasteiger partial charge in [-0.25, -0.2) is 0 Å². The van der Waals surface area contributed by atoms with Crippen LogP contribution in [0.2, 0.25) is 0 Å². The fourth-order valence-corrected chi connectivity index (χ4v) is 5.23. The topological polar surface area (TPSA) is 35.0 Å². The van der Waals surface area contributed by atoms with Crippen molar-refractivity contribution in [3.63, 3.8) is 0 Å². The Bertz CT molecular complexity index is 894. The molecule has 1 aromatic carbocycles. The Morgan fingerprint density at radius 1 is 1.14 bits per heavy atom. The summed E-state index contributed by atoms with van der Waals surface area (Å²) in [4.78, 5) is 0. The monoisotopic (exact) mass is 394 g/mol. The molecular formula is C24H30N2OS. The van der Waals surface area contributed by atoms with Crippen molar-refractivity contribution >= 4 is 16.9 Å². The maximum atomic E-state index is 6.09. The molecule has 0 fully saturated rings. The van der Waals surface area contributed by atoms with E-state index in [0.717, 1.165) is 22.2 Å². The van der Waals surface area contributed by atoms with Gasteiger partial charge in [0.25, 0.3) is 0 Å². The minimum absolute atomic E-state index is 0.221. The first-order valence-electron chi connectivity index (χ1n) is 10.7. The third kappa shape index (κ3) is 4.07. The van der Waals surface area contributed by atoms with E-state index in [1.165, 1.54) is 60.8 Å². The highest BCUT2D eigenvalue weighted by Crippen LogP contribution is 2.39. The van der Waals surface area contributed by atoms with Gasteiger partial charge in [0.15, 0.2) is 0 Å². The third-order valence-corrected chi connectivity index (χ3v) is 6.70. The SMILES string of the molecule is CCCCC1CC(c2nnc(-c3cccc4c3CCC4)s2)=CC=C1OC(C)C. The molecule has 0 radical (unpaired) electrons. The maximum absolute atomic E-state index is 6.09. The van der Waals surface area contributed by atoms with Crippen LogP contribution in [0.15, 0.2) is 36.1 Å². The summed E-state index contributed by atoms with van der Waals surface area (Å²) >= 11 is 1.74. The van der Waals surface area contributed by atoms with Gasteiger partial charge in [-0.2, -0.15) is 0 Å². The number of benzene rings is 1. The van der Waals surface area contributed by atoms with Crippen LogP contribution in [0.3, 0.4) is 0 Å². The van der Waals surface area contributed by atoms with Crippen LogP contribution in [-0.2, 0) is 17.6 Å². The van der Waals surface area contributed by atoms with E-state index < -0.39 is 0 Å². The molecule has 0 saturated heterocycles. The van der Waals surface area contributed by atoms with Crippen molar-refractivity contribution in [2.45, 2.75) is 71.8 Å². The summed E-state index contributed by atoms with van der Waals surface area (Å²) in [7, 11) is 0. The predicted octanol–water partition coefficient (Wildman–Crippen LogP) is 6.60. The quantitative estimate of drug-likeness (QED) is 0.531. The Morgan fingerprint density at radius 3 is 2.82 bits per heavy atom. The van der Waals surface area contributed by atoms with Crippen molar-refractivity contribution in [2.75, 3.05) is 0 Å². The lowest BCUT2D eigenvalue weighted by Crippen LogP contribution is -2.15. The van der Waals surface area contributed by atoms with E-state index in [0.29, 0.717) is 5.92 Å². The van der Waals surface area contributed by atoms with Crippen LogP contribution in [0.4, 0.5) is 0 Å². The molecule has 3 nitrogen and oxygen atoms in total. The van der Waals surface area contributed by atoms with E-state index in [2.05, 4.69) is 61.3 Å². The Hall–Kier alpha value is -1.94. The first-order chi connectivity index (χ1) is 13.7. The van der Waals surface area contributed by atoms with E-state index in [9.17, 15) is 0 Å². The summed E-state index contributed by atoms with van der Waals surface area (Å²) in [6, 6.07) is 6.64. The Balaban J connectivity index is 1.59. The smallest absolute Gasteiger partial charge is 0.148 e. The molecule has 1 heterocycles. The van der Waals surface area contributed by atoms with E-state index in [1.54, 1.807) is 11.3 Å². The third-order valence-electron chi connectivity index (χ3n) is 5.67. The lowest BCUT2D eigenvalue weighted by atomic mass is 9.88. The molecule has 0 spiro atoms. The van der Waals surface area contributed by atoms with Gasteiger partial charge in [-0.05, 0) is 68.7 Å². The van der Waals surface area contributed by atoms with Crippen molar-refractivity contribution in [3.05, 3.63) is 52.2 Å². The van der Waals surface area contributed by atoms with Crippen molar-refractivity contribution in [1.82, 2.24) is 10.2 Å². The van der Waals surface area contributed by atoms with E-state index in [1.807, 2.05) is 0 Å². The Morgan fingerprint density at radius 2 is 2.00 bits per heavy atom. The van der Waals surface area contributed by atoms with Crippen LogP contribution in [0.1, 0.15) is 69.0 Å². The summed E-state index contributed by atoms with van der Waals surface area (Å²) in [6.07, 6.45) is 12.8. The molecule has 2 aliphatic rings. The lowest BCUT2D eigenvalue weighted by molar-refractivity contribution is 0.117. The van der Waals surface area contributed by atoms with E-state index >= 15 is 0 Å². The number of unbranched alkanes of at least 4 members (excludes halogenated alkanes) is 1. The first-order valence-corrected chi connectivity index (χ1v) is 11.5. The number of aromatic nitrogens is 2. The van der Waals surface area contributed by atoms with Gasteiger partial charge in [0.2, 0.25) is 0 Å². The molecule has 2 aliphatic carbocycles. The Kier molecular flexibility index (Phi) is 5.96. The zero-order valence-corrected chi connectivity index (χ0v) is 18.0. The van der Waals surface area contributed by atoms with Gasteiger partial charge >= 0.3 is 0 Å². The van der Waals surface area contributed by atoms with E-state index in [-0.39, 0.29) is 6.10 Å². The van der Waals surface area contributed by atoms with E-state index in [4.69, 9.17) is 4.74 Å². The molecule has 4 rings (SSSR count). The molecule has 0 N–H and O–H groups in total. The highest BCUT2D eigenvalue weighted by molar-refractivity contribution is 7.15. The van der Waals surface area contributed by atoms with Gasteiger partial charge in [0.1, 0.15) is 10.0 Å². The average Bonchev–Trinajstić information content (AvgIpc) is 3.36. The van der Waals surface area contributed by atoms with Gasteiger partial charge in [0, 0.05) is 11.5 Å². The summed E-state index contributed by atoms with van der Waals surface area (Å²) in [5.74, 6) is 1.59. The molecular weight excluding hydrogens is 364 g/mol. The number of aryl methyl sites for hydroxylation is 1. The second-order valence-electron chi connectivity index (χ2n) is 8.18. The van der Waals surface area contributed by atoms with Crippen molar-refractivity contribution < 1.29 is 4.74 Å². The molecule has 4 heteroatoms. The number of nitrogens with zero attached hydrogens (tertiary/aromatic N) is 2. The molecule has 1 unspecified atom stereocenters. The summed E-state index contributed by atoms with van der Waals surface area (Å²) in [5.41, 5.74) is 5.56. The second-order valence-corrected chi connectivity index (χ2v) is 9.16. The number of fused-ring (bicyclic) bond motifs is 1. The maximum Gasteiger partial charge on any atom is 0.148 e. The molecule has 0 saturated carbocycles. The fourth-order valence-electron chi connectivity index (χ4n) is 4.30. The van der Waals surface area contributed by atoms with Gasteiger partial charge in [-0.1, -0.05) is 55.4 Å². The number of rotatable bonds is 7. The predicted molar refractivity (Wildman–Crippen MR) is 117 cm³/mol. The number of allylic oxidation sites excluding steroid dienone is 4. The molecule has 28 heavy (non-hydrogen) atoms. The zero-order valence-electron chi connectivity index (χ0n) is 17.2. The number of hydrogen-bond acceptors (Lipinski definition) is 4. The van der Waals surface area contributed by atoms with Crippen LogP contribution in [-0.4, -0.2) is 16.3 Å². The number of ether oxygens (including phenoxy) is 1. The van der Waals surface area contributed by atoms with Crippen LogP contribution in [0.25, 0.3) is 16.1 Å². The molecule has 2 aromatic rings. The Labute approximate surface area is 172 Å². The minimum atomic E-state index is 0.221. The molecule has 0 aliphatic heterocycles. The normalized spacial score (nSPS) is 18.8. The minimum Gasteiger partial charge on any atom is -0.495 e. The highest BCUT2D eigenvalue weighted by Gasteiger charge is 2.25. The lowest BCUT2D eigenvalue weighted by Gasteiger charge is -2.26. The molecule has 1 atom stereocenters. The molecule has 0 bridgehead atoms. The standard InChI is InChI=1S/C24H30N2OS/c1-4-5-8-18-15-19(13-14-22(18)27-16(2)3)23-25-26-24(28-23)21-12-7-10-17-9-6-11-20(17)21/h7,10,12-14,16,18H,4-6,8-9,11,15H2,1-3H3. The number of hydrogen-bond donors (Lipinski definition) is 0. The highest BCUT2D eigenvalue weighted by atomic mass is 32.1. The first kappa shape index (κ1) is 19.4. The molecule has 148 valence electrons. The van der Waals surface area contributed by atoms with Crippen LogP contribution >= 0.6 is 11.3 Å². The van der Waals surface area contributed by atoms with Crippen LogP contribution in [0.5, 0.6) is 0 Å². The summed E-state index contributed by atoms with van der Waals surface area (Å²) in [6.45, 7) is 6.46. The van der Waals surface area contributed by atoms with Crippen molar-refractivity contribution in [3.8, 4) is 10.6 Å².